The van der Waals surface area contributed by atoms with Crippen LogP contribution in [0, 0.1) is 0 Å². The number of carbonyl (C=O) groups is 2. The Hall–Kier alpha value is -1.92. The molecular weight excluding hydrogens is 274 g/mol. The smallest absolute Gasteiger partial charge is 0.306 e. The fourth-order valence-electron chi connectivity index (χ4n) is 1.53. The van der Waals surface area contributed by atoms with Gasteiger partial charge in [-0.05, 0) is 12.5 Å². The largest absolute Gasteiger partial charge is 0.481 e. The van der Waals surface area contributed by atoms with Crippen LogP contribution < -0.4 is 5.73 Å². The minimum Gasteiger partial charge on any atom is -0.481 e. The van der Waals surface area contributed by atoms with Gasteiger partial charge in [0.15, 0.2) is 0 Å². The predicted molar refractivity (Wildman–Crippen MR) is 76.5 cm³/mol. The van der Waals surface area contributed by atoms with Crippen LogP contribution in [-0.2, 0) is 25.7 Å². The molecule has 0 saturated carbocycles. The zero-order valence-electron chi connectivity index (χ0n) is 12.0. The Morgan fingerprint density at radius 1 is 1.24 bits per heavy atom. The lowest BCUT2D eigenvalue weighted by molar-refractivity contribution is -0.148. The van der Waals surface area contributed by atoms with Crippen LogP contribution in [0.25, 0.3) is 0 Å². The van der Waals surface area contributed by atoms with E-state index in [0.717, 1.165) is 5.56 Å². The molecule has 6 nitrogen and oxygen atoms in total. The van der Waals surface area contributed by atoms with E-state index in [1.165, 1.54) is 0 Å². The number of rotatable bonds is 9. The standard InChI is InChI=1S/C15H21NO5/c1-11(20-9-12-5-3-2-4-6-12)13(16)10-21-15(19)8-7-14(17)18/h2-6,11,13H,7-10,16H2,1H3,(H,17,18). The summed E-state index contributed by atoms with van der Waals surface area (Å²) in [5, 5.41) is 8.45. The van der Waals surface area contributed by atoms with Crippen molar-refractivity contribution in [1.29, 1.82) is 0 Å². The van der Waals surface area contributed by atoms with Gasteiger partial charge in [0.2, 0.25) is 0 Å². The zero-order chi connectivity index (χ0) is 15.7. The number of benzene rings is 1. The number of carboxylic acid groups (broad SMARTS) is 1. The summed E-state index contributed by atoms with van der Waals surface area (Å²) in [6.07, 6.45) is -0.674. The third-order valence-corrected chi connectivity index (χ3v) is 2.94. The predicted octanol–water partition coefficient (Wildman–Crippen LogP) is 1.33. The molecule has 0 saturated heterocycles. The zero-order valence-corrected chi connectivity index (χ0v) is 12.0. The second-order valence-corrected chi connectivity index (χ2v) is 4.74. The van der Waals surface area contributed by atoms with Gasteiger partial charge in [0.25, 0.3) is 0 Å². The highest BCUT2D eigenvalue weighted by Gasteiger charge is 2.16. The van der Waals surface area contributed by atoms with E-state index >= 15 is 0 Å². The quantitative estimate of drug-likeness (QED) is 0.667. The van der Waals surface area contributed by atoms with Crippen molar-refractivity contribution in [1.82, 2.24) is 0 Å². The van der Waals surface area contributed by atoms with Crippen molar-refractivity contribution in [2.75, 3.05) is 6.61 Å². The van der Waals surface area contributed by atoms with Gasteiger partial charge in [-0.2, -0.15) is 0 Å². The number of hydrogen-bond acceptors (Lipinski definition) is 5. The number of nitrogens with two attached hydrogens (primary N) is 1. The van der Waals surface area contributed by atoms with Crippen molar-refractivity contribution in [3.63, 3.8) is 0 Å². The first-order valence-corrected chi connectivity index (χ1v) is 6.77. The highest BCUT2D eigenvalue weighted by Crippen LogP contribution is 2.06. The summed E-state index contributed by atoms with van der Waals surface area (Å²) in [7, 11) is 0. The summed E-state index contributed by atoms with van der Waals surface area (Å²) < 4.78 is 10.5. The van der Waals surface area contributed by atoms with E-state index in [2.05, 4.69) is 0 Å². The minimum atomic E-state index is -1.03. The molecule has 0 aliphatic rings. The second-order valence-electron chi connectivity index (χ2n) is 4.74. The normalized spacial score (nSPS) is 13.4. The van der Waals surface area contributed by atoms with Gasteiger partial charge < -0.3 is 20.3 Å². The van der Waals surface area contributed by atoms with E-state index in [4.69, 9.17) is 20.3 Å². The second kappa shape index (κ2) is 9.10. The Morgan fingerprint density at radius 2 is 1.90 bits per heavy atom. The van der Waals surface area contributed by atoms with Crippen LogP contribution in [-0.4, -0.2) is 35.8 Å². The first-order chi connectivity index (χ1) is 9.99. The summed E-state index contributed by atoms with van der Waals surface area (Å²) in [4.78, 5) is 21.6. The molecule has 0 aromatic heterocycles. The molecule has 0 aliphatic carbocycles. The molecule has 0 radical (unpaired) electrons. The lowest BCUT2D eigenvalue weighted by Crippen LogP contribution is -2.39. The number of aliphatic carboxylic acids is 1. The van der Waals surface area contributed by atoms with Crippen molar-refractivity contribution in [3.05, 3.63) is 35.9 Å². The molecule has 3 N–H and O–H groups in total. The van der Waals surface area contributed by atoms with E-state index in [1.54, 1.807) is 6.92 Å². The molecule has 21 heavy (non-hydrogen) atoms. The Labute approximate surface area is 123 Å². The van der Waals surface area contributed by atoms with Gasteiger partial charge in [0.1, 0.15) is 6.61 Å². The lowest BCUT2D eigenvalue weighted by Gasteiger charge is -2.20. The average Bonchev–Trinajstić information content (AvgIpc) is 2.49. The SMILES string of the molecule is CC(OCc1ccccc1)C(N)COC(=O)CCC(=O)O. The number of carboxylic acids is 1. The summed E-state index contributed by atoms with van der Waals surface area (Å²) in [6, 6.07) is 9.22. The van der Waals surface area contributed by atoms with Crippen LogP contribution in [0.2, 0.25) is 0 Å². The van der Waals surface area contributed by atoms with Crippen molar-refractivity contribution in [3.8, 4) is 0 Å². The van der Waals surface area contributed by atoms with E-state index in [1.807, 2.05) is 30.3 Å². The van der Waals surface area contributed by atoms with Gasteiger partial charge in [-0.1, -0.05) is 30.3 Å². The molecular formula is C15H21NO5. The number of ether oxygens (including phenoxy) is 2. The first kappa shape index (κ1) is 17.1. The van der Waals surface area contributed by atoms with Crippen molar-refractivity contribution < 1.29 is 24.2 Å². The van der Waals surface area contributed by atoms with E-state index in [0.29, 0.717) is 6.61 Å². The molecule has 1 aromatic rings. The van der Waals surface area contributed by atoms with Crippen LogP contribution in [0.15, 0.2) is 30.3 Å². The topological polar surface area (TPSA) is 98.9 Å². The third kappa shape index (κ3) is 7.43. The van der Waals surface area contributed by atoms with Gasteiger partial charge >= 0.3 is 11.9 Å². The van der Waals surface area contributed by atoms with Crippen LogP contribution in [0.5, 0.6) is 0 Å². The van der Waals surface area contributed by atoms with Gasteiger partial charge in [-0.15, -0.1) is 0 Å². The average molecular weight is 295 g/mol. The molecule has 1 aromatic carbocycles. The van der Waals surface area contributed by atoms with Crippen molar-refractivity contribution >= 4 is 11.9 Å². The highest BCUT2D eigenvalue weighted by molar-refractivity contribution is 5.76. The molecule has 0 fully saturated rings. The molecule has 0 bridgehead atoms. The Balaban J connectivity index is 2.23. The van der Waals surface area contributed by atoms with E-state index < -0.39 is 18.0 Å². The third-order valence-electron chi connectivity index (χ3n) is 2.94. The number of hydrogen-bond donors (Lipinski definition) is 2. The molecule has 0 heterocycles. The monoisotopic (exact) mass is 295 g/mol. The van der Waals surface area contributed by atoms with Crippen LogP contribution in [0.1, 0.15) is 25.3 Å². The van der Waals surface area contributed by atoms with Crippen molar-refractivity contribution in [2.24, 2.45) is 5.73 Å². The Morgan fingerprint density at radius 3 is 2.52 bits per heavy atom. The molecule has 2 atom stereocenters. The van der Waals surface area contributed by atoms with Crippen LogP contribution >= 0.6 is 0 Å². The fourth-order valence-corrected chi connectivity index (χ4v) is 1.53. The Bertz CT molecular complexity index is 449. The van der Waals surface area contributed by atoms with Gasteiger partial charge in [0, 0.05) is 0 Å². The molecule has 0 amide bonds. The van der Waals surface area contributed by atoms with Crippen molar-refractivity contribution in [2.45, 2.75) is 38.5 Å². The maximum Gasteiger partial charge on any atom is 0.306 e. The maximum atomic E-state index is 11.3. The molecule has 0 spiro atoms. The van der Waals surface area contributed by atoms with E-state index in [9.17, 15) is 9.59 Å². The number of esters is 1. The first-order valence-electron chi connectivity index (χ1n) is 6.77. The van der Waals surface area contributed by atoms with E-state index in [-0.39, 0.29) is 25.6 Å². The minimum absolute atomic E-state index is 0.00834. The molecule has 1 rings (SSSR count). The summed E-state index contributed by atoms with van der Waals surface area (Å²) >= 11 is 0. The lowest BCUT2D eigenvalue weighted by atomic mass is 10.2. The van der Waals surface area contributed by atoms with Gasteiger partial charge in [-0.25, -0.2) is 0 Å². The molecule has 6 heteroatoms. The Kier molecular flexibility index (Phi) is 7.42. The summed E-state index contributed by atoms with van der Waals surface area (Å²) in [5.41, 5.74) is 6.90. The summed E-state index contributed by atoms with van der Waals surface area (Å²) in [6.45, 7) is 2.25. The fraction of sp³-hybridized carbons (Fsp3) is 0.467. The molecule has 0 aliphatic heterocycles. The van der Waals surface area contributed by atoms with Crippen LogP contribution in [0.4, 0.5) is 0 Å². The van der Waals surface area contributed by atoms with Crippen LogP contribution in [0.3, 0.4) is 0 Å². The molecule has 2 unspecified atom stereocenters. The highest BCUT2D eigenvalue weighted by atomic mass is 16.5. The van der Waals surface area contributed by atoms with Gasteiger partial charge in [-0.3, -0.25) is 9.59 Å². The van der Waals surface area contributed by atoms with Gasteiger partial charge in [0.05, 0.1) is 31.6 Å². The molecule has 116 valence electrons. The number of carbonyl (C=O) groups excluding carboxylic acids is 1. The summed E-state index contributed by atoms with van der Waals surface area (Å²) in [5.74, 6) is -1.60. The maximum absolute atomic E-state index is 11.3.